The first-order valence-corrected chi connectivity index (χ1v) is 5.04. The molecule has 1 aromatic carbocycles. The van der Waals surface area contributed by atoms with Crippen molar-refractivity contribution in [2.45, 2.75) is 0 Å². The van der Waals surface area contributed by atoms with E-state index >= 15 is 0 Å². The van der Waals surface area contributed by atoms with E-state index in [2.05, 4.69) is 20.9 Å². The van der Waals surface area contributed by atoms with Gasteiger partial charge in [0.25, 0.3) is 0 Å². The van der Waals surface area contributed by atoms with Crippen LogP contribution >= 0.6 is 15.9 Å². The summed E-state index contributed by atoms with van der Waals surface area (Å²) in [6.45, 7) is 0. The maximum absolute atomic E-state index is 5.62. The van der Waals surface area contributed by atoms with Gasteiger partial charge >= 0.3 is 0 Å². The third-order valence-electron chi connectivity index (χ3n) is 1.92. The van der Waals surface area contributed by atoms with E-state index in [0.717, 1.165) is 15.7 Å². The Morgan fingerprint density at radius 3 is 2.50 bits per heavy atom. The third-order valence-corrected chi connectivity index (χ3v) is 2.61. The molecule has 0 atom stereocenters. The average molecular weight is 249 g/mol. The van der Waals surface area contributed by atoms with Gasteiger partial charge in [0.1, 0.15) is 5.82 Å². The molecule has 0 aliphatic carbocycles. The lowest BCUT2D eigenvalue weighted by Crippen LogP contribution is -1.91. The molecule has 0 amide bonds. The zero-order valence-corrected chi connectivity index (χ0v) is 9.03. The number of hydrogen-bond acceptors (Lipinski definition) is 2. The summed E-state index contributed by atoms with van der Waals surface area (Å²) < 4.78 is 1.03. The molecular weight excluding hydrogens is 240 g/mol. The van der Waals surface area contributed by atoms with Gasteiger partial charge in [-0.1, -0.05) is 40.2 Å². The van der Waals surface area contributed by atoms with Crippen molar-refractivity contribution < 1.29 is 0 Å². The molecule has 14 heavy (non-hydrogen) atoms. The molecule has 0 fully saturated rings. The second-order valence-corrected chi connectivity index (χ2v) is 3.78. The van der Waals surface area contributed by atoms with Crippen LogP contribution in [-0.2, 0) is 0 Å². The number of hydrogen-bond donors (Lipinski definition) is 1. The number of nitrogen functional groups attached to an aromatic ring is 1. The van der Waals surface area contributed by atoms with Crippen molar-refractivity contribution in [2.24, 2.45) is 0 Å². The number of pyridine rings is 1. The van der Waals surface area contributed by atoms with Gasteiger partial charge in [0.2, 0.25) is 0 Å². The standard InChI is InChI=1S/C11H9BrN2/c12-9-5-2-1-4-8(9)10-6-3-7-11(13)14-10/h1-7H,(H2,13,14). The van der Waals surface area contributed by atoms with E-state index in [1.807, 2.05) is 36.4 Å². The van der Waals surface area contributed by atoms with Crippen molar-refractivity contribution in [3.05, 3.63) is 46.9 Å². The Morgan fingerprint density at radius 2 is 1.79 bits per heavy atom. The maximum Gasteiger partial charge on any atom is 0.124 e. The predicted octanol–water partition coefficient (Wildman–Crippen LogP) is 3.09. The lowest BCUT2D eigenvalue weighted by atomic mass is 10.1. The van der Waals surface area contributed by atoms with Gasteiger partial charge in [0.15, 0.2) is 0 Å². The van der Waals surface area contributed by atoms with Crippen LogP contribution in [0.4, 0.5) is 5.82 Å². The zero-order valence-electron chi connectivity index (χ0n) is 7.44. The molecule has 1 aromatic heterocycles. The Labute approximate surface area is 90.9 Å². The first-order valence-electron chi connectivity index (χ1n) is 4.25. The second-order valence-electron chi connectivity index (χ2n) is 2.93. The number of benzene rings is 1. The molecule has 1 heterocycles. The Morgan fingerprint density at radius 1 is 1.00 bits per heavy atom. The number of rotatable bonds is 1. The molecule has 2 rings (SSSR count). The molecule has 3 heteroatoms. The SMILES string of the molecule is Nc1cccc(-c2ccccc2Br)n1. The number of aromatic nitrogens is 1. The number of anilines is 1. The second kappa shape index (κ2) is 3.80. The van der Waals surface area contributed by atoms with Gasteiger partial charge in [-0.3, -0.25) is 0 Å². The normalized spacial score (nSPS) is 10.1. The van der Waals surface area contributed by atoms with Crippen molar-refractivity contribution in [1.29, 1.82) is 0 Å². The largest absolute Gasteiger partial charge is 0.384 e. The van der Waals surface area contributed by atoms with Gasteiger partial charge in [0, 0.05) is 10.0 Å². The lowest BCUT2D eigenvalue weighted by molar-refractivity contribution is 1.33. The topological polar surface area (TPSA) is 38.9 Å². The van der Waals surface area contributed by atoms with Crippen LogP contribution in [0.15, 0.2) is 46.9 Å². The van der Waals surface area contributed by atoms with E-state index in [9.17, 15) is 0 Å². The highest BCUT2D eigenvalue weighted by Crippen LogP contribution is 2.26. The summed E-state index contributed by atoms with van der Waals surface area (Å²) in [6.07, 6.45) is 0. The van der Waals surface area contributed by atoms with Crippen LogP contribution in [0.25, 0.3) is 11.3 Å². The maximum atomic E-state index is 5.62. The first kappa shape index (κ1) is 9.21. The number of nitrogens with zero attached hydrogens (tertiary/aromatic N) is 1. The third kappa shape index (κ3) is 1.77. The molecule has 2 aromatic rings. The molecule has 0 aliphatic heterocycles. The van der Waals surface area contributed by atoms with E-state index in [-0.39, 0.29) is 0 Å². The predicted molar refractivity (Wildman–Crippen MR) is 61.8 cm³/mol. The van der Waals surface area contributed by atoms with E-state index in [1.165, 1.54) is 0 Å². The first-order chi connectivity index (χ1) is 6.77. The molecule has 0 aliphatic rings. The average Bonchev–Trinajstić information content (AvgIpc) is 2.18. The van der Waals surface area contributed by atoms with Crippen LogP contribution in [-0.4, -0.2) is 4.98 Å². The summed E-state index contributed by atoms with van der Waals surface area (Å²) in [4.78, 5) is 4.25. The molecule has 70 valence electrons. The van der Waals surface area contributed by atoms with E-state index in [4.69, 9.17) is 5.73 Å². The molecule has 0 radical (unpaired) electrons. The van der Waals surface area contributed by atoms with Crippen molar-refractivity contribution >= 4 is 21.7 Å². The van der Waals surface area contributed by atoms with Crippen molar-refractivity contribution in [1.82, 2.24) is 4.98 Å². The monoisotopic (exact) mass is 248 g/mol. The molecule has 0 unspecified atom stereocenters. The smallest absolute Gasteiger partial charge is 0.124 e. The van der Waals surface area contributed by atoms with E-state index in [1.54, 1.807) is 6.07 Å². The molecule has 2 N–H and O–H groups in total. The Bertz CT molecular complexity index is 455. The zero-order chi connectivity index (χ0) is 9.97. The number of halogens is 1. The fourth-order valence-corrected chi connectivity index (χ4v) is 1.76. The molecule has 0 bridgehead atoms. The van der Waals surface area contributed by atoms with E-state index < -0.39 is 0 Å². The molecule has 2 nitrogen and oxygen atoms in total. The minimum Gasteiger partial charge on any atom is -0.384 e. The highest BCUT2D eigenvalue weighted by atomic mass is 79.9. The molecule has 0 spiro atoms. The number of nitrogens with two attached hydrogens (primary N) is 1. The minimum atomic E-state index is 0.540. The fourth-order valence-electron chi connectivity index (χ4n) is 1.27. The highest BCUT2D eigenvalue weighted by Gasteiger charge is 2.02. The Hall–Kier alpha value is -1.35. The Balaban J connectivity index is 2.55. The van der Waals surface area contributed by atoms with Crippen molar-refractivity contribution in [3.63, 3.8) is 0 Å². The summed E-state index contributed by atoms with van der Waals surface area (Å²) in [5.74, 6) is 0.540. The van der Waals surface area contributed by atoms with Crippen LogP contribution < -0.4 is 5.73 Å². The van der Waals surface area contributed by atoms with E-state index in [0.29, 0.717) is 5.82 Å². The summed E-state index contributed by atoms with van der Waals surface area (Å²) >= 11 is 3.48. The molecule has 0 saturated heterocycles. The van der Waals surface area contributed by atoms with Crippen LogP contribution in [0.2, 0.25) is 0 Å². The quantitative estimate of drug-likeness (QED) is 0.843. The van der Waals surface area contributed by atoms with Crippen LogP contribution in [0.1, 0.15) is 0 Å². The van der Waals surface area contributed by atoms with Crippen molar-refractivity contribution in [2.75, 3.05) is 5.73 Å². The van der Waals surface area contributed by atoms with Gasteiger partial charge < -0.3 is 5.73 Å². The fraction of sp³-hybridized carbons (Fsp3) is 0. The highest BCUT2D eigenvalue weighted by molar-refractivity contribution is 9.10. The minimum absolute atomic E-state index is 0.540. The summed E-state index contributed by atoms with van der Waals surface area (Å²) in [6, 6.07) is 13.6. The summed E-state index contributed by atoms with van der Waals surface area (Å²) in [7, 11) is 0. The van der Waals surface area contributed by atoms with Crippen LogP contribution in [0, 0.1) is 0 Å². The summed E-state index contributed by atoms with van der Waals surface area (Å²) in [5.41, 5.74) is 7.56. The Kier molecular flexibility index (Phi) is 2.50. The van der Waals surface area contributed by atoms with Gasteiger partial charge in [-0.2, -0.15) is 0 Å². The molecular formula is C11H9BrN2. The van der Waals surface area contributed by atoms with Gasteiger partial charge in [-0.25, -0.2) is 4.98 Å². The van der Waals surface area contributed by atoms with Gasteiger partial charge in [0.05, 0.1) is 5.69 Å². The van der Waals surface area contributed by atoms with Crippen molar-refractivity contribution in [3.8, 4) is 11.3 Å². The van der Waals surface area contributed by atoms with Gasteiger partial charge in [-0.15, -0.1) is 0 Å². The molecule has 0 saturated carbocycles. The lowest BCUT2D eigenvalue weighted by Gasteiger charge is -2.03. The van der Waals surface area contributed by atoms with Crippen LogP contribution in [0.5, 0.6) is 0 Å². The summed E-state index contributed by atoms with van der Waals surface area (Å²) in [5, 5.41) is 0. The van der Waals surface area contributed by atoms with Crippen LogP contribution in [0.3, 0.4) is 0 Å². The van der Waals surface area contributed by atoms with Gasteiger partial charge in [-0.05, 0) is 18.2 Å².